The zero-order chi connectivity index (χ0) is 22.7. The molecule has 0 radical (unpaired) electrons. The summed E-state index contributed by atoms with van der Waals surface area (Å²) in [6, 6.07) is 0. The van der Waals surface area contributed by atoms with Crippen LogP contribution in [0.15, 0.2) is 17.4 Å². The highest BCUT2D eigenvalue weighted by Gasteiger charge is 2.45. The summed E-state index contributed by atoms with van der Waals surface area (Å²) in [5.41, 5.74) is -1.41. The summed E-state index contributed by atoms with van der Waals surface area (Å²) < 4.78 is 24.7. The van der Waals surface area contributed by atoms with Crippen LogP contribution < -0.4 is 5.56 Å². The Kier molecular flexibility index (Phi) is 7.57. The minimum absolute atomic E-state index is 0.0258. The smallest absolute Gasteiger partial charge is 0.359 e. The number of aromatic nitrogens is 4. The topological polar surface area (TPSA) is 180 Å². The molecule has 0 aliphatic rings. The van der Waals surface area contributed by atoms with Gasteiger partial charge in [-0.1, -0.05) is 6.92 Å². The molecular weight excluding hydrogens is 419 g/mol. The summed E-state index contributed by atoms with van der Waals surface area (Å²) >= 11 is 0. The maximum atomic E-state index is 12.4. The van der Waals surface area contributed by atoms with E-state index in [4.69, 9.17) is 9.26 Å². The fourth-order valence-corrected chi connectivity index (χ4v) is 3.98. The zero-order valence-electron chi connectivity index (χ0n) is 17.3. The summed E-state index contributed by atoms with van der Waals surface area (Å²) in [6.07, 6.45) is 0.117. The van der Waals surface area contributed by atoms with E-state index in [1.165, 1.54) is 24.1 Å². The van der Waals surface area contributed by atoms with Crippen LogP contribution in [0.1, 0.15) is 46.8 Å². The quantitative estimate of drug-likeness (QED) is 0.303. The lowest BCUT2D eigenvalue weighted by Crippen LogP contribution is -2.34. The maximum absolute atomic E-state index is 12.4. The second-order valence-corrected chi connectivity index (χ2v) is 9.95. The summed E-state index contributed by atoms with van der Waals surface area (Å²) in [5, 5.41) is 27.8. The van der Waals surface area contributed by atoms with Crippen molar-refractivity contribution >= 4 is 18.8 Å². The summed E-state index contributed by atoms with van der Waals surface area (Å²) in [6.45, 7) is 5.25. The molecule has 30 heavy (non-hydrogen) atoms. The third kappa shape index (κ3) is 5.33. The molecule has 0 fully saturated rings. The van der Waals surface area contributed by atoms with Crippen molar-refractivity contribution in [3.8, 4) is 0 Å². The van der Waals surface area contributed by atoms with Crippen LogP contribution in [-0.2, 0) is 13.8 Å². The van der Waals surface area contributed by atoms with Gasteiger partial charge in [0.15, 0.2) is 22.7 Å². The Morgan fingerprint density at radius 2 is 2.00 bits per heavy atom. The molecule has 0 aliphatic heterocycles. The molecule has 0 saturated heterocycles. The number of rotatable bonds is 11. The third-order valence-corrected chi connectivity index (χ3v) is 7.07. The van der Waals surface area contributed by atoms with Gasteiger partial charge in [-0.2, -0.15) is 0 Å². The molecule has 170 valence electrons. The van der Waals surface area contributed by atoms with E-state index in [1.54, 1.807) is 20.8 Å². The Morgan fingerprint density at radius 3 is 2.60 bits per heavy atom. The summed E-state index contributed by atoms with van der Waals surface area (Å²) in [5.74, 6) is 0. The van der Waals surface area contributed by atoms with Crippen LogP contribution in [0, 0.1) is 0 Å². The lowest BCUT2D eigenvalue weighted by molar-refractivity contribution is -0.105. The number of aliphatic hydroxyl groups is 3. The van der Waals surface area contributed by atoms with Gasteiger partial charge in [-0.25, -0.2) is 9.97 Å². The van der Waals surface area contributed by atoms with Crippen LogP contribution in [0.25, 0.3) is 11.2 Å². The summed E-state index contributed by atoms with van der Waals surface area (Å²) in [4.78, 5) is 32.3. The summed E-state index contributed by atoms with van der Waals surface area (Å²) in [7, 11) is -4.34. The molecule has 2 rings (SSSR count). The van der Waals surface area contributed by atoms with Crippen LogP contribution in [-0.4, -0.2) is 70.0 Å². The van der Waals surface area contributed by atoms with Crippen molar-refractivity contribution in [3.63, 3.8) is 0 Å². The second-order valence-electron chi connectivity index (χ2n) is 7.76. The number of aromatic amines is 1. The van der Waals surface area contributed by atoms with E-state index in [2.05, 4.69) is 15.0 Å². The van der Waals surface area contributed by atoms with E-state index in [1.807, 2.05) is 0 Å². The number of ether oxygens (including phenoxy) is 1. The minimum Gasteiger partial charge on any atom is -0.394 e. The van der Waals surface area contributed by atoms with Gasteiger partial charge < -0.3 is 34.5 Å². The number of nitrogens with one attached hydrogen (secondary N) is 1. The van der Waals surface area contributed by atoms with Crippen LogP contribution in [0.3, 0.4) is 0 Å². The van der Waals surface area contributed by atoms with Gasteiger partial charge in [0.1, 0.15) is 6.10 Å². The van der Waals surface area contributed by atoms with Gasteiger partial charge in [0.05, 0.1) is 31.5 Å². The molecule has 2 aromatic rings. The third-order valence-electron chi connectivity index (χ3n) is 4.80. The van der Waals surface area contributed by atoms with Gasteiger partial charge in [0.2, 0.25) is 0 Å². The van der Waals surface area contributed by atoms with Crippen LogP contribution in [0.4, 0.5) is 0 Å². The predicted molar refractivity (Wildman–Crippen MR) is 107 cm³/mol. The molecule has 0 saturated carbocycles. The molecule has 5 N–H and O–H groups in total. The molecule has 0 bridgehead atoms. The van der Waals surface area contributed by atoms with Gasteiger partial charge in [-0.15, -0.1) is 0 Å². The number of hydrogen-bond donors (Lipinski definition) is 5. The highest BCUT2D eigenvalue weighted by molar-refractivity contribution is 7.54. The Labute approximate surface area is 173 Å². The van der Waals surface area contributed by atoms with E-state index in [0.717, 1.165) is 0 Å². The largest absolute Gasteiger partial charge is 0.394 e. The fourth-order valence-electron chi connectivity index (χ4n) is 2.62. The Balaban J connectivity index is 2.14. The molecule has 4 atom stereocenters. The van der Waals surface area contributed by atoms with E-state index in [9.17, 15) is 29.6 Å². The predicted octanol–water partition coefficient (Wildman–Crippen LogP) is 0.477. The first-order chi connectivity index (χ1) is 13.8. The van der Waals surface area contributed by atoms with E-state index >= 15 is 0 Å². The maximum Gasteiger partial charge on any atom is 0.359 e. The average molecular weight is 448 g/mol. The molecule has 0 spiro atoms. The highest BCUT2D eigenvalue weighted by atomic mass is 31.2. The van der Waals surface area contributed by atoms with Gasteiger partial charge in [-0.05, 0) is 33.6 Å². The van der Waals surface area contributed by atoms with Crippen molar-refractivity contribution in [2.75, 3.05) is 13.2 Å². The Morgan fingerprint density at radius 1 is 1.33 bits per heavy atom. The first kappa shape index (κ1) is 24.6. The van der Waals surface area contributed by atoms with E-state index in [-0.39, 0.29) is 30.6 Å². The standard InChI is InChI=1S/C17H29N4O8P/c1-5-17(4,25)30(26,27)29-16(2,3)6-7-28-15(11(23)8-22)21-10-20-12-13(21)18-9-19-14(12)24/h9-11,15,22-23,25H,5-8H2,1-4H3,(H,26,27)(H,18,19,24)/t11-,15-,17?/m1/s1. The Bertz CT molecular complexity index is 957. The lowest BCUT2D eigenvalue weighted by Gasteiger charge is -2.34. The molecule has 0 aromatic carbocycles. The first-order valence-electron chi connectivity index (χ1n) is 9.42. The number of hydrogen-bond acceptors (Lipinski definition) is 9. The Hall–Kier alpha value is -1.66. The molecule has 2 heterocycles. The molecule has 2 unspecified atom stereocenters. The van der Waals surface area contributed by atoms with Crippen molar-refractivity contribution in [2.24, 2.45) is 0 Å². The lowest BCUT2D eigenvalue weighted by atomic mass is 10.1. The van der Waals surface area contributed by atoms with Crippen molar-refractivity contribution in [2.45, 2.75) is 63.8 Å². The van der Waals surface area contributed by atoms with Crippen molar-refractivity contribution < 1.29 is 34.0 Å². The van der Waals surface area contributed by atoms with Crippen molar-refractivity contribution in [1.82, 2.24) is 19.5 Å². The van der Waals surface area contributed by atoms with E-state index < -0.39 is 43.0 Å². The number of H-pyrrole nitrogens is 1. The molecular formula is C17H29N4O8P. The molecule has 2 aromatic heterocycles. The van der Waals surface area contributed by atoms with Gasteiger partial charge in [-0.3, -0.25) is 13.9 Å². The van der Waals surface area contributed by atoms with Gasteiger partial charge in [0, 0.05) is 0 Å². The average Bonchev–Trinajstić information content (AvgIpc) is 3.08. The van der Waals surface area contributed by atoms with Gasteiger partial charge >= 0.3 is 7.60 Å². The van der Waals surface area contributed by atoms with E-state index in [0.29, 0.717) is 0 Å². The van der Waals surface area contributed by atoms with Gasteiger partial charge in [0.25, 0.3) is 5.56 Å². The second kappa shape index (κ2) is 9.23. The molecule has 0 aliphatic carbocycles. The van der Waals surface area contributed by atoms with Crippen molar-refractivity contribution in [3.05, 3.63) is 23.0 Å². The monoisotopic (exact) mass is 448 g/mol. The van der Waals surface area contributed by atoms with Crippen LogP contribution in [0.2, 0.25) is 0 Å². The van der Waals surface area contributed by atoms with Crippen LogP contribution in [0.5, 0.6) is 0 Å². The highest BCUT2D eigenvalue weighted by Crippen LogP contribution is 2.58. The minimum atomic E-state index is -4.34. The SMILES string of the molecule is CCC(C)(O)P(=O)(O)OC(C)(C)CCO[C@H]([C@H](O)CO)n1cnc2c(=O)[nH]cnc21. The molecule has 13 heteroatoms. The molecule has 12 nitrogen and oxygen atoms in total. The zero-order valence-corrected chi connectivity index (χ0v) is 18.2. The number of imidazole rings is 1. The van der Waals surface area contributed by atoms with Crippen molar-refractivity contribution in [1.29, 1.82) is 0 Å². The number of fused-ring (bicyclic) bond motifs is 1. The number of aliphatic hydroxyl groups excluding tert-OH is 2. The number of nitrogens with zero attached hydrogens (tertiary/aromatic N) is 3. The van der Waals surface area contributed by atoms with Crippen LogP contribution >= 0.6 is 7.60 Å². The normalized spacial score (nSPS) is 18.7. The first-order valence-corrected chi connectivity index (χ1v) is 11.0. The fraction of sp³-hybridized carbons (Fsp3) is 0.706. The molecule has 0 amide bonds.